The van der Waals surface area contributed by atoms with Gasteiger partial charge >= 0.3 is 0 Å². The summed E-state index contributed by atoms with van der Waals surface area (Å²) in [5.41, 5.74) is -0.219. The van der Waals surface area contributed by atoms with Gasteiger partial charge in [0.1, 0.15) is 0 Å². The number of aromatic nitrogens is 1. The van der Waals surface area contributed by atoms with Gasteiger partial charge in [0.15, 0.2) is 11.6 Å². The van der Waals surface area contributed by atoms with Gasteiger partial charge in [-0.1, -0.05) is 12.8 Å². The molecule has 4 heteroatoms. The third-order valence-electron chi connectivity index (χ3n) is 3.38. The molecule has 1 saturated carbocycles. The van der Waals surface area contributed by atoms with Gasteiger partial charge in [-0.25, -0.2) is 4.98 Å². The maximum absolute atomic E-state index is 9.62. The summed E-state index contributed by atoms with van der Waals surface area (Å²) in [5, 5.41) is 13.0. The molecule has 1 aromatic rings. The Kier molecular flexibility index (Phi) is 4.07. The minimum atomic E-state index is -0.219. The van der Waals surface area contributed by atoms with Gasteiger partial charge in [-0.3, -0.25) is 0 Å². The molecule has 1 heterocycles. The van der Waals surface area contributed by atoms with Crippen LogP contribution in [0.2, 0.25) is 0 Å². The second-order valence-electron chi connectivity index (χ2n) is 5.29. The maximum Gasteiger partial charge on any atom is 0.169 e. The van der Waals surface area contributed by atoms with Crippen molar-refractivity contribution >= 4 is 5.82 Å². The van der Waals surface area contributed by atoms with Crippen molar-refractivity contribution < 1.29 is 9.84 Å². The van der Waals surface area contributed by atoms with E-state index < -0.39 is 0 Å². The Morgan fingerprint density at radius 1 is 1.44 bits per heavy atom. The minimum Gasteiger partial charge on any atom is -0.487 e. The van der Waals surface area contributed by atoms with Gasteiger partial charge < -0.3 is 15.2 Å². The van der Waals surface area contributed by atoms with Crippen molar-refractivity contribution in [2.75, 3.05) is 11.9 Å². The van der Waals surface area contributed by atoms with Gasteiger partial charge in [0.2, 0.25) is 0 Å². The molecule has 0 amide bonds. The minimum absolute atomic E-state index is 0.114. The first-order chi connectivity index (χ1) is 8.65. The molecule has 0 saturated heterocycles. The Balaban J connectivity index is 2.17. The second-order valence-corrected chi connectivity index (χ2v) is 5.29. The predicted octanol–water partition coefficient (Wildman–Crippen LogP) is 2.59. The molecule has 0 radical (unpaired) electrons. The van der Waals surface area contributed by atoms with Crippen LogP contribution >= 0.6 is 0 Å². The van der Waals surface area contributed by atoms with E-state index in [4.69, 9.17) is 4.74 Å². The van der Waals surface area contributed by atoms with E-state index in [-0.39, 0.29) is 18.2 Å². The summed E-state index contributed by atoms with van der Waals surface area (Å²) in [5.74, 6) is 1.49. The molecule has 1 fully saturated rings. The highest BCUT2D eigenvalue weighted by Crippen LogP contribution is 2.34. The third-order valence-corrected chi connectivity index (χ3v) is 3.38. The van der Waals surface area contributed by atoms with Crippen LogP contribution in [0.4, 0.5) is 5.82 Å². The molecule has 0 bridgehead atoms. The van der Waals surface area contributed by atoms with Gasteiger partial charge in [0.05, 0.1) is 18.2 Å². The Hall–Kier alpha value is -1.29. The zero-order chi connectivity index (χ0) is 13.0. The average Bonchev–Trinajstić information content (AvgIpc) is 2.80. The number of rotatable bonds is 5. The Bertz CT molecular complexity index is 387. The van der Waals surface area contributed by atoms with Crippen molar-refractivity contribution in [1.29, 1.82) is 0 Å². The first-order valence-electron chi connectivity index (χ1n) is 6.66. The fourth-order valence-corrected chi connectivity index (χ4v) is 2.46. The number of nitrogens with one attached hydrogen (secondary N) is 1. The van der Waals surface area contributed by atoms with Crippen molar-refractivity contribution in [2.45, 2.75) is 51.2 Å². The summed E-state index contributed by atoms with van der Waals surface area (Å²) in [6.07, 6.45) is 6.14. The van der Waals surface area contributed by atoms with E-state index in [0.29, 0.717) is 0 Å². The van der Waals surface area contributed by atoms with E-state index in [9.17, 15) is 5.11 Å². The lowest BCUT2D eigenvalue weighted by Gasteiger charge is -2.29. The summed E-state index contributed by atoms with van der Waals surface area (Å²) in [4.78, 5) is 4.34. The van der Waals surface area contributed by atoms with Gasteiger partial charge in [-0.05, 0) is 38.8 Å². The monoisotopic (exact) mass is 250 g/mol. The number of hydrogen-bond acceptors (Lipinski definition) is 4. The highest BCUT2D eigenvalue weighted by Gasteiger charge is 2.34. The highest BCUT2D eigenvalue weighted by atomic mass is 16.5. The van der Waals surface area contributed by atoms with Crippen LogP contribution in [-0.4, -0.2) is 28.3 Å². The molecule has 1 aromatic heterocycles. The van der Waals surface area contributed by atoms with Crippen LogP contribution in [0, 0.1) is 0 Å². The lowest BCUT2D eigenvalue weighted by Crippen LogP contribution is -2.39. The fraction of sp³-hybridized carbons (Fsp3) is 0.643. The lowest BCUT2D eigenvalue weighted by atomic mass is 9.99. The summed E-state index contributed by atoms with van der Waals surface area (Å²) < 4.78 is 5.74. The van der Waals surface area contributed by atoms with E-state index >= 15 is 0 Å². The molecule has 0 unspecified atom stereocenters. The van der Waals surface area contributed by atoms with E-state index in [1.807, 2.05) is 26.0 Å². The zero-order valence-corrected chi connectivity index (χ0v) is 11.1. The molecule has 0 aliphatic heterocycles. The summed E-state index contributed by atoms with van der Waals surface area (Å²) in [7, 11) is 0. The number of aliphatic hydroxyl groups is 1. The van der Waals surface area contributed by atoms with Gasteiger partial charge in [-0.2, -0.15) is 0 Å². The molecular weight excluding hydrogens is 228 g/mol. The third kappa shape index (κ3) is 2.93. The Labute approximate surface area is 108 Å². The molecule has 0 spiro atoms. The van der Waals surface area contributed by atoms with E-state index in [1.165, 1.54) is 0 Å². The normalized spacial score (nSPS) is 18.0. The van der Waals surface area contributed by atoms with E-state index in [1.54, 1.807) is 6.20 Å². The molecule has 1 aliphatic carbocycles. The summed E-state index contributed by atoms with van der Waals surface area (Å²) in [6, 6.07) is 3.78. The van der Waals surface area contributed by atoms with Crippen molar-refractivity contribution in [1.82, 2.24) is 4.98 Å². The van der Waals surface area contributed by atoms with E-state index in [2.05, 4.69) is 10.3 Å². The largest absolute Gasteiger partial charge is 0.487 e. The molecule has 2 rings (SSSR count). The number of nitrogens with zero attached hydrogens (tertiary/aromatic N) is 1. The maximum atomic E-state index is 9.62. The molecular formula is C14H22N2O2. The highest BCUT2D eigenvalue weighted by molar-refractivity contribution is 5.51. The fourth-order valence-electron chi connectivity index (χ4n) is 2.46. The van der Waals surface area contributed by atoms with Crippen molar-refractivity contribution in [3.63, 3.8) is 0 Å². The van der Waals surface area contributed by atoms with Crippen molar-refractivity contribution in [3.05, 3.63) is 18.3 Å². The molecule has 4 nitrogen and oxygen atoms in total. The Morgan fingerprint density at radius 3 is 2.78 bits per heavy atom. The quantitative estimate of drug-likeness (QED) is 0.843. The predicted molar refractivity (Wildman–Crippen MR) is 71.9 cm³/mol. The smallest absolute Gasteiger partial charge is 0.169 e. The number of aliphatic hydroxyl groups excluding tert-OH is 1. The topological polar surface area (TPSA) is 54.4 Å². The second kappa shape index (κ2) is 5.57. The van der Waals surface area contributed by atoms with E-state index in [0.717, 1.165) is 37.3 Å². The van der Waals surface area contributed by atoms with Crippen LogP contribution in [0.5, 0.6) is 5.75 Å². The lowest BCUT2D eigenvalue weighted by molar-refractivity contribution is 0.211. The first-order valence-corrected chi connectivity index (χ1v) is 6.66. The Morgan fingerprint density at radius 2 is 2.17 bits per heavy atom. The summed E-state index contributed by atoms with van der Waals surface area (Å²) >= 11 is 0. The van der Waals surface area contributed by atoms with Crippen molar-refractivity contribution in [3.8, 4) is 5.75 Å². The van der Waals surface area contributed by atoms with Crippen LogP contribution in [0.3, 0.4) is 0 Å². The molecule has 0 aromatic carbocycles. The molecule has 0 atom stereocenters. The van der Waals surface area contributed by atoms with Crippen LogP contribution in [-0.2, 0) is 0 Å². The summed E-state index contributed by atoms with van der Waals surface area (Å²) in [6.45, 7) is 4.13. The molecule has 18 heavy (non-hydrogen) atoms. The molecule has 1 aliphatic rings. The van der Waals surface area contributed by atoms with Crippen LogP contribution in [0.15, 0.2) is 18.3 Å². The standard InChI is InChI=1S/C14H22N2O2/c1-11(2)18-12-6-5-9-15-13(12)16-14(10-17)7-3-4-8-14/h5-6,9,11,17H,3-4,7-8,10H2,1-2H3,(H,15,16). The SMILES string of the molecule is CC(C)Oc1cccnc1NC1(CO)CCCC1. The van der Waals surface area contributed by atoms with Crippen LogP contribution in [0.25, 0.3) is 0 Å². The van der Waals surface area contributed by atoms with Gasteiger partial charge in [0.25, 0.3) is 0 Å². The molecule has 2 N–H and O–H groups in total. The number of ether oxygens (including phenoxy) is 1. The molecule has 100 valence electrons. The van der Waals surface area contributed by atoms with Crippen molar-refractivity contribution in [2.24, 2.45) is 0 Å². The van der Waals surface area contributed by atoms with Gasteiger partial charge in [0, 0.05) is 6.20 Å². The van der Waals surface area contributed by atoms with Crippen LogP contribution in [0.1, 0.15) is 39.5 Å². The first kappa shape index (κ1) is 13.1. The number of anilines is 1. The van der Waals surface area contributed by atoms with Gasteiger partial charge in [-0.15, -0.1) is 0 Å². The zero-order valence-electron chi connectivity index (χ0n) is 11.1. The number of hydrogen-bond donors (Lipinski definition) is 2. The van der Waals surface area contributed by atoms with Crippen LogP contribution < -0.4 is 10.1 Å². The number of pyridine rings is 1. The average molecular weight is 250 g/mol.